The lowest BCUT2D eigenvalue weighted by Gasteiger charge is -2.11. The van der Waals surface area contributed by atoms with Crippen molar-refractivity contribution in [3.05, 3.63) is 46.3 Å². The molecule has 2 aromatic rings. The maximum Gasteiger partial charge on any atom is 0.256 e. The molecule has 0 saturated heterocycles. The van der Waals surface area contributed by atoms with E-state index in [0.29, 0.717) is 5.57 Å². The summed E-state index contributed by atoms with van der Waals surface area (Å²) in [6.45, 7) is 1.93. The van der Waals surface area contributed by atoms with E-state index in [1.165, 1.54) is 24.1 Å². The van der Waals surface area contributed by atoms with Crippen LogP contribution in [0.5, 0.6) is 0 Å². The predicted molar refractivity (Wildman–Crippen MR) is 97.4 cm³/mol. The smallest absolute Gasteiger partial charge is 0.256 e. The maximum absolute atomic E-state index is 12.4. The summed E-state index contributed by atoms with van der Waals surface area (Å²) >= 11 is -1.07. The quantitative estimate of drug-likeness (QED) is 0.649. The number of H-pyrrole nitrogens is 1. The van der Waals surface area contributed by atoms with Crippen molar-refractivity contribution in [2.45, 2.75) is 37.5 Å². The van der Waals surface area contributed by atoms with Crippen molar-refractivity contribution >= 4 is 34.4 Å². The summed E-state index contributed by atoms with van der Waals surface area (Å²) in [5, 5.41) is 2.92. The van der Waals surface area contributed by atoms with E-state index < -0.39 is 11.2 Å². The number of aryl methyl sites for hydroxylation is 2. The minimum Gasteiger partial charge on any atom is -0.612 e. The van der Waals surface area contributed by atoms with Crippen molar-refractivity contribution in [1.82, 2.24) is 4.98 Å². The van der Waals surface area contributed by atoms with Crippen LogP contribution in [0.15, 0.2) is 23.1 Å². The monoisotopic (exact) mass is 340 g/mol. The standard InChI is InChI=1S/C19H20N2O2S/c1-11-17(24(2)23)8-7-16-18(11)14(19(22)21-16)10-13-9-12-5-3-4-6-15(12)20-13/h7-10,20H,3-6H2,1-2H3,(H,21,22)/b14-10-. The van der Waals surface area contributed by atoms with Crippen molar-refractivity contribution in [2.75, 3.05) is 11.6 Å². The van der Waals surface area contributed by atoms with Crippen LogP contribution in [0.3, 0.4) is 0 Å². The second-order valence-electron chi connectivity index (χ2n) is 6.51. The Hall–Kier alpha value is -1.98. The van der Waals surface area contributed by atoms with Crippen molar-refractivity contribution in [3.63, 3.8) is 0 Å². The first-order valence-corrected chi connectivity index (χ1v) is 9.81. The van der Waals surface area contributed by atoms with E-state index in [4.69, 9.17) is 0 Å². The van der Waals surface area contributed by atoms with Gasteiger partial charge in [0, 0.05) is 28.2 Å². The van der Waals surface area contributed by atoms with Crippen LogP contribution in [0.2, 0.25) is 0 Å². The van der Waals surface area contributed by atoms with Gasteiger partial charge < -0.3 is 14.9 Å². The van der Waals surface area contributed by atoms with E-state index >= 15 is 0 Å². The van der Waals surface area contributed by atoms with Gasteiger partial charge in [0.25, 0.3) is 5.91 Å². The Morgan fingerprint density at radius 1 is 1.25 bits per heavy atom. The summed E-state index contributed by atoms with van der Waals surface area (Å²) in [7, 11) is 0. The third kappa shape index (κ3) is 2.48. The maximum atomic E-state index is 12.4. The fourth-order valence-electron chi connectivity index (χ4n) is 3.76. The van der Waals surface area contributed by atoms with Crippen LogP contribution < -0.4 is 5.32 Å². The molecule has 124 valence electrons. The molecule has 1 amide bonds. The Morgan fingerprint density at radius 2 is 2.04 bits per heavy atom. The Kier molecular flexibility index (Phi) is 3.77. The Balaban J connectivity index is 1.81. The summed E-state index contributed by atoms with van der Waals surface area (Å²) in [6, 6.07) is 5.84. The molecule has 4 nitrogen and oxygen atoms in total. The third-order valence-corrected chi connectivity index (χ3v) is 5.98. The van der Waals surface area contributed by atoms with Crippen LogP contribution >= 0.6 is 0 Å². The summed E-state index contributed by atoms with van der Waals surface area (Å²) in [5.41, 5.74) is 6.87. The zero-order valence-electron chi connectivity index (χ0n) is 13.9. The van der Waals surface area contributed by atoms with E-state index in [0.717, 1.165) is 40.2 Å². The van der Waals surface area contributed by atoms with Gasteiger partial charge >= 0.3 is 0 Å². The van der Waals surface area contributed by atoms with Crippen LogP contribution in [0.4, 0.5) is 5.69 Å². The number of benzene rings is 1. The topological polar surface area (TPSA) is 67.9 Å². The SMILES string of the molecule is Cc1c([S+](C)[O-])ccc2c1/C(=C/c1cc3c([nH]1)CCCC3)C(=O)N2. The number of rotatable bonds is 2. The fourth-order valence-corrected chi connectivity index (χ4v) is 4.55. The molecule has 0 spiro atoms. The molecule has 0 saturated carbocycles. The van der Waals surface area contributed by atoms with Gasteiger partial charge in [0.15, 0.2) is 4.90 Å². The molecule has 0 fully saturated rings. The highest BCUT2D eigenvalue weighted by Crippen LogP contribution is 2.38. The molecule has 24 heavy (non-hydrogen) atoms. The number of aromatic nitrogens is 1. The number of fused-ring (bicyclic) bond motifs is 2. The van der Waals surface area contributed by atoms with Gasteiger partial charge in [-0.1, -0.05) is 0 Å². The van der Waals surface area contributed by atoms with Crippen molar-refractivity contribution in [1.29, 1.82) is 0 Å². The van der Waals surface area contributed by atoms with Crippen LogP contribution in [-0.4, -0.2) is 21.7 Å². The lowest BCUT2D eigenvalue weighted by molar-refractivity contribution is -0.110. The van der Waals surface area contributed by atoms with Crippen LogP contribution in [0, 0.1) is 6.92 Å². The van der Waals surface area contributed by atoms with Gasteiger partial charge in [-0.15, -0.1) is 0 Å². The normalized spacial score (nSPS) is 19.1. The van der Waals surface area contributed by atoms with E-state index in [2.05, 4.69) is 16.4 Å². The fraction of sp³-hybridized carbons (Fsp3) is 0.316. The number of amides is 1. The Labute approximate surface area is 144 Å². The van der Waals surface area contributed by atoms with Gasteiger partial charge in [0.1, 0.15) is 6.26 Å². The van der Waals surface area contributed by atoms with Gasteiger partial charge in [-0.3, -0.25) is 4.79 Å². The summed E-state index contributed by atoms with van der Waals surface area (Å²) in [5.74, 6) is -0.0975. The number of hydrogen-bond acceptors (Lipinski definition) is 2. The molecule has 2 aliphatic rings. The number of aromatic amines is 1. The van der Waals surface area contributed by atoms with E-state index in [-0.39, 0.29) is 5.91 Å². The molecule has 0 radical (unpaired) electrons. The molecule has 1 unspecified atom stereocenters. The van der Waals surface area contributed by atoms with Gasteiger partial charge in [-0.2, -0.15) is 0 Å². The van der Waals surface area contributed by atoms with Crippen molar-refractivity contribution < 1.29 is 9.35 Å². The lowest BCUT2D eigenvalue weighted by atomic mass is 9.98. The largest absolute Gasteiger partial charge is 0.612 e. The Bertz CT molecular complexity index is 841. The number of carbonyl (C=O) groups excluding carboxylic acids is 1. The highest BCUT2D eigenvalue weighted by Gasteiger charge is 2.29. The number of hydrogen-bond donors (Lipinski definition) is 2. The lowest BCUT2D eigenvalue weighted by Crippen LogP contribution is -2.03. The average molecular weight is 340 g/mol. The van der Waals surface area contributed by atoms with Crippen LogP contribution in [0.1, 0.15) is 40.9 Å². The average Bonchev–Trinajstić information content (AvgIpc) is 3.09. The Morgan fingerprint density at radius 3 is 2.79 bits per heavy atom. The van der Waals surface area contributed by atoms with Gasteiger partial charge in [0.05, 0.1) is 5.57 Å². The van der Waals surface area contributed by atoms with Crippen molar-refractivity contribution in [2.24, 2.45) is 0 Å². The van der Waals surface area contributed by atoms with Gasteiger partial charge in [-0.25, -0.2) is 0 Å². The van der Waals surface area contributed by atoms with Gasteiger partial charge in [0.2, 0.25) is 0 Å². The predicted octanol–water partition coefficient (Wildman–Crippen LogP) is 3.43. The first-order valence-electron chi connectivity index (χ1n) is 8.26. The highest BCUT2D eigenvalue weighted by atomic mass is 32.2. The molecular formula is C19H20N2O2S. The first-order chi connectivity index (χ1) is 11.5. The molecule has 1 aliphatic carbocycles. The molecule has 1 aromatic carbocycles. The molecule has 2 heterocycles. The second kappa shape index (κ2) is 5.83. The molecule has 1 aromatic heterocycles. The van der Waals surface area contributed by atoms with Gasteiger partial charge in [-0.05, 0) is 73.6 Å². The molecular weight excluding hydrogens is 320 g/mol. The molecule has 5 heteroatoms. The van der Waals surface area contributed by atoms with Crippen molar-refractivity contribution in [3.8, 4) is 0 Å². The highest BCUT2D eigenvalue weighted by molar-refractivity contribution is 7.90. The van der Waals surface area contributed by atoms with E-state index in [9.17, 15) is 9.35 Å². The number of anilines is 1. The minimum absolute atomic E-state index is 0.0975. The van der Waals surface area contributed by atoms with Crippen LogP contribution in [-0.2, 0) is 28.8 Å². The summed E-state index contributed by atoms with van der Waals surface area (Å²) < 4.78 is 11.9. The zero-order chi connectivity index (χ0) is 16.8. The zero-order valence-corrected chi connectivity index (χ0v) is 14.7. The summed E-state index contributed by atoms with van der Waals surface area (Å²) in [4.78, 5) is 16.7. The van der Waals surface area contributed by atoms with E-state index in [1.54, 1.807) is 6.26 Å². The first kappa shape index (κ1) is 15.5. The molecule has 1 aliphatic heterocycles. The third-order valence-electron chi connectivity index (χ3n) is 4.92. The molecule has 2 N–H and O–H groups in total. The van der Waals surface area contributed by atoms with Crippen LogP contribution in [0.25, 0.3) is 11.6 Å². The number of nitrogens with one attached hydrogen (secondary N) is 2. The minimum atomic E-state index is -1.07. The number of carbonyl (C=O) groups is 1. The molecule has 0 bridgehead atoms. The molecule has 1 atom stereocenters. The second-order valence-corrected chi connectivity index (χ2v) is 7.86. The molecule has 4 rings (SSSR count). The summed E-state index contributed by atoms with van der Waals surface area (Å²) in [6.07, 6.45) is 8.23. The van der Waals surface area contributed by atoms with E-state index in [1.807, 2.05) is 25.1 Å².